The molecule has 0 aliphatic carbocycles. The minimum absolute atomic E-state index is 0.662. The second-order valence-corrected chi connectivity index (χ2v) is 7.15. The Balaban J connectivity index is 1.85. The van der Waals surface area contributed by atoms with Crippen molar-refractivity contribution in [2.45, 2.75) is 33.9 Å². The summed E-state index contributed by atoms with van der Waals surface area (Å²) in [7, 11) is 3.72. The third-order valence-corrected chi connectivity index (χ3v) is 4.99. The monoisotopic (exact) mass is 379 g/mol. The predicted octanol–water partition coefficient (Wildman–Crippen LogP) is 3.45. The highest BCUT2D eigenvalue weighted by atomic mass is 16.5. The minimum atomic E-state index is 0.662. The van der Waals surface area contributed by atoms with Gasteiger partial charge in [0.2, 0.25) is 0 Å². The first-order valence-corrected chi connectivity index (χ1v) is 9.58. The molecule has 0 fully saturated rings. The van der Waals surface area contributed by atoms with Gasteiger partial charge in [-0.1, -0.05) is 30.3 Å². The van der Waals surface area contributed by atoms with E-state index in [1.54, 1.807) is 7.11 Å². The van der Waals surface area contributed by atoms with Crippen molar-refractivity contribution in [3.8, 4) is 11.3 Å². The van der Waals surface area contributed by atoms with Crippen LogP contribution in [0.2, 0.25) is 0 Å². The molecule has 0 spiro atoms. The standard InChI is InChI=1S/C22H29N5O/c1-16-13-21(19-9-7-6-8-10-19)24-22(23-16)15-27(11-12-28-5)14-20-17(2)25-26(4)18(20)3/h6-10,13H,11-12,14-15H2,1-5H3. The van der Waals surface area contributed by atoms with Crippen molar-refractivity contribution in [1.29, 1.82) is 0 Å². The number of aryl methyl sites for hydroxylation is 3. The second-order valence-electron chi connectivity index (χ2n) is 7.15. The maximum absolute atomic E-state index is 5.33. The molecule has 0 unspecified atom stereocenters. The number of methoxy groups -OCH3 is 1. The summed E-state index contributed by atoms with van der Waals surface area (Å²) in [6.45, 7) is 9.13. The number of hydrogen-bond donors (Lipinski definition) is 0. The SMILES string of the molecule is COCCN(Cc1nc(C)cc(-c2ccccc2)n1)Cc1c(C)nn(C)c1C. The summed E-state index contributed by atoms with van der Waals surface area (Å²) in [5.41, 5.74) is 6.56. The Morgan fingerprint density at radius 1 is 1.04 bits per heavy atom. The van der Waals surface area contributed by atoms with Gasteiger partial charge < -0.3 is 4.74 Å². The van der Waals surface area contributed by atoms with Gasteiger partial charge in [0.25, 0.3) is 0 Å². The molecule has 0 amide bonds. The zero-order valence-corrected chi connectivity index (χ0v) is 17.4. The van der Waals surface area contributed by atoms with E-state index in [4.69, 9.17) is 9.72 Å². The molecule has 28 heavy (non-hydrogen) atoms. The lowest BCUT2D eigenvalue weighted by Gasteiger charge is -2.22. The van der Waals surface area contributed by atoms with Gasteiger partial charge in [0, 0.05) is 49.8 Å². The van der Waals surface area contributed by atoms with Crippen LogP contribution in [0.25, 0.3) is 11.3 Å². The Hall–Kier alpha value is -2.57. The van der Waals surface area contributed by atoms with Crippen LogP contribution in [0.5, 0.6) is 0 Å². The third kappa shape index (κ3) is 4.82. The van der Waals surface area contributed by atoms with Gasteiger partial charge in [-0.3, -0.25) is 9.58 Å². The first-order chi connectivity index (χ1) is 13.5. The van der Waals surface area contributed by atoms with E-state index in [1.807, 2.05) is 42.9 Å². The minimum Gasteiger partial charge on any atom is -0.383 e. The van der Waals surface area contributed by atoms with Gasteiger partial charge in [-0.2, -0.15) is 5.10 Å². The zero-order chi connectivity index (χ0) is 20.1. The second kappa shape index (κ2) is 9.08. The van der Waals surface area contributed by atoms with Gasteiger partial charge in [-0.05, 0) is 26.8 Å². The summed E-state index contributed by atoms with van der Waals surface area (Å²) in [5, 5.41) is 4.55. The lowest BCUT2D eigenvalue weighted by atomic mass is 10.1. The number of rotatable bonds is 8. The summed E-state index contributed by atoms with van der Waals surface area (Å²) in [4.78, 5) is 11.8. The molecule has 1 aromatic carbocycles. The normalized spacial score (nSPS) is 11.4. The Kier molecular flexibility index (Phi) is 6.54. The van der Waals surface area contributed by atoms with Crippen molar-refractivity contribution >= 4 is 0 Å². The van der Waals surface area contributed by atoms with E-state index >= 15 is 0 Å². The predicted molar refractivity (Wildman–Crippen MR) is 111 cm³/mol. The fourth-order valence-electron chi connectivity index (χ4n) is 3.36. The Morgan fingerprint density at radius 3 is 2.43 bits per heavy atom. The molecule has 0 saturated heterocycles. The van der Waals surface area contributed by atoms with E-state index in [0.29, 0.717) is 13.2 Å². The van der Waals surface area contributed by atoms with Crippen LogP contribution in [-0.4, -0.2) is 44.9 Å². The molecule has 148 valence electrons. The van der Waals surface area contributed by atoms with Crippen molar-refractivity contribution in [3.63, 3.8) is 0 Å². The van der Waals surface area contributed by atoms with E-state index in [2.05, 4.69) is 41.0 Å². The van der Waals surface area contributed by atoms with Crippen LogP contribution in [0, 0.1) is 20.8 Å². The first-order valence-electron chi connectivity index (χ1n) is 9.58. The van der Waals surface area contributed by atoms with Gasteiger partial charge in [-0.15, -0.1) is 0 Å². The highest BCUT2D eigenvalue weighted by Crippen LogP contribution is 2.19. The molecule has 6 heteroatoms. The maximum Gasteiger partial charge on any atom is 0.143 e. The van der Waals surface area contributed by atoms with Crippen LogP contribution < -0.4 is 0 Å². The maximum atomic E-state index is 5.33. The number of benzene rings is 1. The smallest absolute Gasteiger partial charge is 0.143 e. The average Bonchev–Trinajstić information content (AvgIpc) is 2.92. The summed E-state index contributed by atoms with van der Waals surface area (Å²) in [6, 6.07) is 12.3. The average molecular weight is 380 g/mol. The summed E-state index contributed by atoms with van der Waals surface area (Å²) in [5.74, 6) is 0.828. The summed E-state index contributed by atoms with van der Waals surface area (Å²) in [6.07, 6.45) is 0. The van der Waals surface area contributed by atoms with E-state index in [-0.39, 0.29) is 0 Å². The molecule has 2 aromatic heterocycles. The van der Waals surface area contributed by atoms with Crippen molar-refractivity contribution in [2.24, 2.45) is 7.05 Å². The Morgan fingerprint density at radius 2 is 1.79 bits per heavy atom. The molecule has 0 aliphatic heterocycles. The molecule has 0 N–H and O–H groups in total. The molecule has 0 bridgehead atoms. The molecular formula is C22H29N5O. The van der Waals surface area contributed by atoms with Gasteiger partial charge in [-0.25, -0.2) is 9.97 Å². The van der Waals surface area contributed by atoms with Gasteiger partial charge in [0.05, 0.1) is 24.5 Å². The molecular weight excluding hydrogens is 350 g/mol. The van der Waals surface area contributed by atoms with Crippen LogP contribution >= 0.6 is 0 Å². The highest BCUT2D eigenvalue weighted by molar-refractivity contribution is 5.58. The molecule has 0 atom stereocenters. The zero-order valence-electron chi connectivity index (χ0n) is 17.4. The number of nitrogens with zero attached hydrogens (tertiary/aromatic N) is 5. The van der Waals surface area contributed by atoms with Crippen LogP contribution in [0.4, 0.5) is 0 Å². The first kappa shape index (κ1) is 20.2. The fourth-order valence-corrected chi connectivity index (χ4v) is 3.36. The molecule has 0 aliphatic rings. The van der Waals surface area contributed by atoms with Gasteiger partial charge in [0.15, 0.2) is 0 Å². The van der Waals surface area contributed by atoms with Crippen molar-refractivity contribution in [2.75, 3.05) is 20.3 Å². The molecule has 2 heterocycles. The summed E-state index contributed by atoms with van der Waals surface area (Å²) >= 11 is 0. The highest BCUT2D eigenvalue weighted by Gasteiger charge is 2.16. The van der Waals surface area contributed by atoms with Crippen molar-refractivity contribution in [3.05, 3.63) is 64.9 Å². The van der Waals surface area contributed by atoms with Crippen LogP contribution in [0.1, 0.15) is 28.5 Å². The topological polar surface area (TPSA) is 56.1 Å². The lowest BCUT2D eigenvalue weighted by Crippen LogP contribution is -2.28. The third-order valence-electron chi connectivity index (χ3n) is 4.99. The molecule has 0 radical (unpaired) electrons. The van der Waals surface area contributed by atoms with Crippen molar-refractivity contribution in [1.82, 2.24) is 24.6 Å². The fraction of sp³-hybridized carbons (Fsp3) is 0.409. The lowest BCUT2D eigenvalue weighted by molar-refractivity contribution is 0.138. The van der Waals surface area contributed by atoms with E-state index in [1.165, 1.54) is 11.3 Å². The van der Waals surface area contributed by atoms with Crippen LogP contribution in [0.3, 0.4) is 0 Å². The molecule has 3 aromatic rings. The quantitative estimate of drug-likeness (QED) is 0.600. The van der Waals surface area contributed by atoms with Gasteiger partial charge in [0.1, 0.15) is 5.82 Å². The molecule has 6 nitrogen and oxygen atoms in total. The largest absolute Gasteiger partial charge is 0.383 e. The van der Waals surface area contributed by atoms with E-state index in [0.717, 1.165) is 41.6 Å². The van der Waals surface area contributed by atoms with Crippen LogP contribution in [0.15, 0.2) is 36.4 Å². The molecule has 0 saturated carbocycles. The van der Waals surface area contributed by atoms with Crippen molar-refractivity contribution < 1.29 is 4.74 Å². The number of ether oxygens (including phenoxy) is 1. The molecule has 3 rings (SSSR count). The van der Waals surface area contributed by atoms with E-state index < -0.39 is 0 Å². The van der Waals surface area contributed by atoms with Crippen LogP contribution in [-0.2, 0) is 24.9 Å². The summed E-state index contributed by atoms with van der Waals surface area (Å²) < 4.78 is 7.27. The number of hydrogen-bond acceptors (Lipinski definition) is 5. The van der Waals surface area contributed by atoms with Gasteiger partial charge >= 0.3 is 0 Å². The number of aromatic nitrogens is 4. The van der Waals surface area contributed by atoms with E-state index in [9.17, 15) is 0 Å². The Bertz CT molecular complexity index is 920. The Labute approximate surface area is 167 Å².